The topological polar surface area (TPSA) is 47.9 Å². The van der Waals surface area contributed by atoms with Gasteiger partial charge in [-0.3, -0.25) is 4.98 Å². The Balaban J connectivity index is 2.16. The van der Waals surface area contributed by atoms with Crippen LogP contribution < -0.4 is 4.74 Å². The van der Waals surface area contributed by atoms with Crippen LogP contribution >= 0.6 is 0 Å². The summed E-state index contributed by atoms with van der Waals surface area (Å²) in [5.41, 5.74) is 2.08. The van der Waals surface area contributed by atoms with Crippen LogP contribution in [-0.2, 0) is 5.41 Å². The number of ether oxygens (including phenoxy) is 1. The molecule has 2 rings (SSSR count). The van der Waals surface area contributed by atoms with Gasteiger partial charge in [0.15, 0.2) is 0 Å². The lowest BCUT2D eigenvalue weighted by molar-refractivity contribution is 0.439. The third-order valence-corrected chi connectivity index (χ3v) is 2.54. The van der Waals surface area contributed by atoms with E-state index >= 15 is 0 Å². The zero-order valence-corrected chi connectivity index (χ0v) is 11.1. The fraction of sp³-hybridized carbons (Fsp3) is 0.357. The predicted octanol–water partition coefficient (Wildman–Crippen LogP) is 3.27. The first-order valence-electron chi connectivity index (χ1n) is 5.88. The molecular weight excluding hydrogens is 226 g/mol. The Bertz CT molecular complexity index is 529. The van der Waals surface area contributed by atoms with E-state index in [1.165, 1.54) is 5.56 Å². The maximum atomic E-state index is 5.54. The summed E-state index contributed by atoms with van der Waals surface area (Å²) in [6.45, 7) is 8.32. The van der Waals surface area contributed by atoms with Gasteiger partial charge in [0.2, 0.25) is 11.8 Å². The van der Waals surface area contributed by atoms with Crippen molar-refractivity contribution in [3.05, 3.63) is 42.0 Å². The Morgan fingerprint density at radius 2 is 1.78 bits per heavy atom. The van der Waals surface area contributed by atoms with Crippen molar-refractivity contribution in [3.63, 3.8) is 0 Å². The molecule has 2 aromatic rings. The molecular formula is C14H17N3O. The summed E-state index contributed by atoms with van der Waals surface area (Å²) in [4.78, 5) is 12.5. The van der Waals surface area contributed by atoms with Crippen molar-refractivity contribution in [3.8, 4) is 11.8 Å². The first-order chi connectivity index (χ1) is 8.45. The average molecular weight is 243 g/mol. The van der Waals surface area contributed by atoms with Gasteiger partial charge in [0, 0.05) is 18.5 Å². The first-order valence-corrected chi connectivity index (χ1v) is 5.88. The summed E-state index contributed by atoms with van der Waals surface area (Å²) >= 11 is 0. The van der Waals surface area contributed by atoms with Gasteiger partial charge >= 0.3 is 0 Å². The molecule has 0 saturated carbocycles. The number of nitrogens with zero attached hydrogens (tertiary/aromatic N) is 3. The molecule has 0 amide bonds. The van der Waals surface area contributed by atoms with Crippen LogP contribution in [0.15, 0.2) is 30.7 Å². The van der Waals surface area contributed by atoms with E-state index in [1.54, 1.807) is 12.4 Å². The van der Waals surface area contributed by atoms with Gasteiger partial charge in [-0.05, 0) is 17.9 Å². The van der Waals surface area contributed by atoms with Gasteiger partial charge in [-0.2, -0.15) is 0 Å². The van der Waals surface area contributed by atoms with Gasteiger partial charge < -0.3 is 4.74 Å². The van der Waals surface area contributed by atoms with Crippen molar-refractivity contribution in [2.75, 3.05) is 0 Å². The summed E-state index contributed by atoms with van der Waals surface area (Å²) < 4.78 is 5.54. The fourth-order valence-corrected chi connectivity index (χ4v) is 1.48. The largest absolute Gasteiger partial charge is 0.419 e. The maximum Gasteiger partial charge on any atom is 0.240 e. The standard InChI is InChI=1S/C14H17N3O/c1-10-7-15-9-13(17-10)18-12-6-5-11(8-16-12)14(2,3)4/h5-9H,1-4H3. The summed E-state index contributed by atoms with van der Waals surface area (Å²) in [5.74, 6) is 0.994. The third kappa shape index (κ3) is 3.03. The van der Waals surface area contributed by atoms with Gasteiger partial charge in [-0.15, -0.1) is 0 Å². The first kappa shape index (κ1) is 12.5. The van der Waals surface area contributed by atoms with Crippen LogP contribution in [0, 0.1) is 6.92 Å². The van der Waals surface area contributed by atoms with Crippen molar-refractivity contribution in [1.82, 2.24) is 15.0 Å². The molecule has 0 bridgehead atoms. The zero-order valence-electron chi connectivity index (χ0n) is 11.1. The van der Waals surface area contributed by atoms with Gasteiger partial charge in [-0.1, -0.05) is 26.8 Å². The van der Waals surface area contributed by atoms with Gasteiger partial charge in [0.05, 0.1) is 11.9 Å². The number of pyridine rings is 1. The Hall–Kier alpha value is -1.97. The molecule has 4 heteroatoms. The van der Waals surface area contributed by atoms with E-state index in [0.29, 0.717) is 11.8 Å². The number of aromatic nitrogens is 3. The van der Waals surface area contributed by atoms with Gasteiger partial charge in [0.1, 0.15) is 0 Å². The Labute approximate surface area is 107 Å². The number of hydrogen-bond acceptors (Lipinski definition) is 4. The number of hydrogen-bond donors (Lipinski definition) is 0. The second-order valence-electron chi connectivity index (χ2n) is 5.24. The highest BCUT2D eigenvalue weighted by atomic mass is 16.5. The highest BCUT2D eigenvalue weighted by Gasteiger charge is 2.14. The molecule has 18 heavy (non-hydrogen) atoms. The molecule has 0 aliphatic carbocycles. The van der Waals surface area contributed by atoms with Crippen LogP contribution in [0.2, 0.25) is 0 Å². The Morgan fingerprint density at radius 3 is 2.33 bits per heavy atom. The summed E-state index contributed by atoms with van der Waals surface area (Å²) in [6, 6.07) is 3.87. The molecule has 0 N–H and O–H groups in total. The summed E-state index contributed by atoms with van der Waals surface area (Å²) in [7, 11) is 0. The molecule has 0 aliphatic heterocycles. The van der Waals surface area contributed by atoms with Crippen molar-refractivity contribution in [1.29, 1.82) is 0 Å². The van der Waals surface area contributed by atoms with Crippen molar-refractivity contribution >= 4 is 0 Å². The highest BCUT2D eigenvalue weighted by molar-refractivity contribution is 5.25. The smallest absolute Gasteiger partial charge is 0.240 e. The van der Waals surface area contributed by atoms with E-state index in [1.807, 2.05) is 25.3 Å². The number of aryl methyl sites for hydroxylation is 1. The molecule has 0 radical (unpaired) electrons. The molecule has 0 spiro atoms. The molecule has 4 nitrogen and oxygen atoms in total. The molecule has 0 aliphatic rings. The molecule has 94 valence electrons. The lowest BCUT2D eigenvalue weighted by Crippen LogP contribution is -2.11. The quantitative estimate of drug-likeness (QED) is 0.812. The van der Waals surface area contributed by atoms with E-state index in [-0.39, 0.29) is 5.41 Å². The minimum Gasteiger partial charge on any atom is -0.419 e. The molecule has 2 aromatic heterocycles. The Kier molecular flexibility index (Phi) is 3.28. The van der Waals surface area contributed by atoms with Crippen molar-refractivity contribution in [2.24, 2.45) is 0 Å². The molecule has 2 heterocycles. The van der Waals surface area contributed by atoms with E-state index in [0.717, 1.165) is 5.69 Å². The SMILES string of the molecule is Cc1cncc(Oc2ccc(C(C)(C)C)cn2)n1. The van der Waals surface area contributed by atoms with Crippen LogP contribution in [-0.4, -0.2) is 15.0 Å². The average Bonchev–Trinajstić information content (AvgIpc) is 2.28. The van der Waals surface area contributed by atoms with E-state index in [4.69, 9.17) is 4.74 Å². The normalized spacial score (nSPS) is 11.3. The van der Waals surface area contributed by atoms with Crippen LogP contribution in [0.25, 0.3) is 0 Å². The van der Waals surface area contributed by atoms with Crippen molar-refractivity contribution < 1.29 is 4.74 Å². The van der Waals surface area contributed by atoms with Crippen LogP contribution in [0.5, 0.6) is 11.8 Å². The second-order valence-corrected chi connectivity index (χ2v) is 5.24. The van der Waals surface area contributed by atoms with Crippen molar-refractivity contribution in [2.45, 2.75) is 33.1 Å². The van der Waals surface area contributed by atoms with E-state index in [2.05, 4.69) is 35.7 Å². The molecule has 0 fully saturated rings. The lowest BCUT2D eigenvalue weighted by Gasteiger charge is -2.18. The molecule has 0 saturated heterocycles. The fourth-order valence-electron chi connectivity index (χ4n) is 1.48. The van der Waals surface area contributed by atoms with E-state index < -0.39 is 0 Å². The molecule has 0 aromatic carbocycles. The minimum absolute atomic E-state index is 0.0919. The monoisotopic (exact) mass is 243 g/mol. The predicted molar refractivity (Wildman–Crippen MR) is 69.8 cm³/mol. The molecule has 0 unspecified atom stereocenters. The van der Waals surface area contributed by atoms with E-state index in [9.17, 15) is 0 Å². The zero-order chi connectivity index (χ0) is 13.2. The van der Waals surface area contributed by atoms with Crippen LogP contribution in [0.1, 0.15) is 32.0 Å². The maximum absolute atomic E-state index is 5.54. The highest BCUT2D eigenvalue weighted by Crippen LogP contribution is 2.23. The molecule has 0 atom stereocenters. The third-order valence-electron chi connectivity index (χ3n) is 2.54. The number of rotatable bonds is 2. The minimum atomic E-state index is 0.0919. The lowest BCUT2D eigenvalue weighted by atomic mass is 9.88. The van der Waals surface area contributed by atoms with Gasteiger partial charge in [0.25, 0.3) is 0 Å². The van der Waals surface area contributed by atoms with Crippen LogP contribution in [0.3, 0.4) is 0 Å². The van der Waals surface area contributed by atoms with Gasteiger partial charge in [-0.25, -0.2) is 9.97 Å². The summed E-state index contributed by atoms with van der Waals surface area (Å²) in [5, 5.41) is 0. The summed E-state index contributed by atoms with van der Waals surface area (Å²) in [6.07, 6.45) is 5.09. The van der Waals surface area contributed by atoms with Crippen LogP contribution in [0.4, 0.5) is 0 Å². The second kappa shape index (κ2) is 4.72. The Morgan fingerprint density at radius 1 is 1.00 bits per heavy atom.